The predicted molar refractivity (Wildman–Crippen MR) is 185 cm³/mol. The van der Waals surface area contributed by atoms with Crippen molar-refractivity contribution in [1.82, 2.24) is 16.0 Å². The van der Waals surface area contributed by atoms with Gasteiger partial charge in [-0.05, 0) is 44.9 Å². The van der Waals surface area contributed by atoms with Crippen molar-refractivity contribution in [3.63, 3.8) is 0 Å². The van der Waals surface area contributed by atoms with Crippen LogP contribution in [0.5, 0.6) is 0 Å². The SMILES string of the molecule is CCCCCCCCC=CCCCCCCCC(=O)N[C@H]1CCCC[C@@H]1NC(=O)CCNC(=O)[C@@H](OC(C)=O)C(C)(C)COC(C)=O. The highest BCUT2D eigenvalue weighted by molar-refractivity contribution is 5.85. The van der Waals surface area contributed by atoms with Crippen LogP contribution in [0, 0.1) is 5.41 Å². The van der Waals surface area contributed by atoms with E-state index in [0.29, 0.717) is 6.42 Å². The molecule has 0 aliphatic heterocycles. The summed E-state index contributed by atoms with van der Waals surface area (Å²) in [6.07, 6.45) is 23.4. The van der Waals surface area contributed by atoms with E-state index in [9.17, 15) is 24.0 Å². The standard InChI is InChI=1S/C37H65N3O7/c1-6-7-8-9-10-11-12-13-14-15-16-17-18-19-20-25-33(43)39-31-23-21-22-24-32(31)40-34(44)26-27-38-36(45)35(47-30(3)42)37(4,5)28-46-29(2)41/h13-14,31-32,35H,6-12,15-28H2,1-5H3,(H,38,45)(H,39,43)(H,40,44)/t31-,32-,35+/m0/s1. The van der Waals surface area contributed by atoms with Crippen molar-refractivity contribution in [1.29, 1.82) is 0 Å². The zero-order chi connectivity index (χ0) is 34.9. The molecule has 47 heavy (non-hydrogen) atoms. The molecule has 0 aromatic rings. The second-order valence-electron chi connectivity index (χ2n) is 13.8. The summed E-state index contributed by atoms with van der Waals surface area (Å²) in [5.74, 6) is -1.90. The van der Waals surface area contributed by atoms with Gasteiger partial charge in [0, 0.05) is 50.7 Å². The van der Waals surface area contributed by atoms with Gasteiger partial charge < -0.3 is 25.4 Å². The van der Waals surface area contributed by atoms with E-state index >= 15 is 0 Å². The lowest BCUT2D eigenvalue weighted by Crippen LogP contribution is -2.53. The van der Waals surface area contributed by atoms with Gasteiger partial charge in [-0.25, -0.2) is 0 Å². The molecule has 10 heteroatoms. The molecule has 0 saturated heterocycles. The highest BCUT2D eigenvalue weighted by atomic mass is 16.6. The van der Waals surface area contributed by atoms with E-state index in [0.717, 1.165) is 51.4 Å². The third-order valence-corrected chi connectivity index (χ3v) is 8.65. The summed E-state index contributed by atoms with van der Waals surface area (Å²) >= 11 is 0. The molecule has 0 bridgehead atoms. The molecule has 0 aromatic heterocycles. The molecule has 1 rings (SSSR count). The molecule has 1 aliphatic rings. The molecule has 0 radical (unpaired) electrons. The van der Waals surface area contributed by atoms with Crippen LogP contribution in [0.2, 0.25) is 0 Å². The average molecular weight is 664 g/mol. The van der Waals surface area contributed by atoms with E-state index in [2.05, 4.69) is 35.0 Å². The molecule has 0 spiro atoms. The van der Waals surface area contributed by atoms with E-state index < -0.39 is 29.4 Å². The summed E-state index contributed by atoms with van der Waals surface area (Å²) in [5.41, 5.74) is -0.971. The summed E-state index contributed by atoms with van der Waals surface area (Å²) in [6.45, 7) is 7.97. The second-order valence-corrected chi connectivity index (χ2v) is 13.8. The Kier molecular flexibility index (Phi) is 22.5. The van der Waals surface area contributed by atoms with Crippen LogP contribution in [-0.4, -0.2) is 61.0 Å². The van der Waals surface area contributed by atoms with Crippen molar-refractivity contribution in [3.05, 3.63) is 12.2 Å². The smallest absolute Gasteiger partial charge is 0.303 e. The van der Waals surface area contributed by atoms with Gasteiger partial charge in [0.15, 0.2) is 6.10 Å². The number of carbonyl (C=O) groups excluding carboxylic acids is 5. The minimum absolute atomic E-state index is 0.0360. The number of hydrogen-bond donors (Lipinski definition) is 3. The Hall–Kier alpha value is -2.91. The van der Waals surface area contributed by atoms with Crippen LogP contribution >= 0.6 is 0 Å². The Balaban J connectivity index is 2.30. The summed E-state index contributed by atoms with van der Waals surface area (Å²) < 4.78 is 10.3. The first-order valence-corrected chi connectivity index (χ1v) is 18.3. The monoisotopic (exact) mass is 663 g/mol. The Bertz CT molecular complexity index is 966. The molecule has 0 heterocycles. The molecule has 3 atom stereocenters. The topological polar surface area (TPSA) is 140 Å². The molecule has 3 amide bonds. The van der Waals surface area contributed by atoms with Gasteiger partial charge in [-0.2, -0.15) is 0 Å². The fourth-order valence-electron chi connectivity index (χ4n) is 5.88. The first-order valence-electron chi connectivity index (χ1n) is 18.3. The highest BCUT2D eigenvalue weighted by Crippen LogP contribution is 2.25. The first kappa shape index (κ1) is 42.1. The molecule has 270 valence electrons. The van der Waals surface area contributed by atoms with E-state index in [1.165, 1.54) is 71.6 Å². The van der Waals surface area contributed by atoms with Gasteiger partial charge in [0.2, 0.25) is 11.8 Å². The van der Waals surface area contributed by atoms with Crippen molar-refractivity contribution in [3.8, 4) is 0 Å². The molecule has 1 fully saturated rings. The number of amides is 3. The van der Waals surface area contributed by atoms with Gasteiger partial charge in [-0.15, -0.1) is 0 Å². The first-order chi connectivity index (χ1) is 22.5. The largest absolute Gasteiger partial charge is 0.465 e. The molecular weight excluding hydrogens is 598 g/mol. The van der Waals surface area contributed by atoms with Crippen LogP contribution in [0.25, 0.3) is 0 Å². The van der Waals surface area contributed by atoms with Crippen LogP contribution in [0.4, 0.5) is 0 Å². The average Bonchev–Trinajstić information content (AvgIpc) is 3.01. The van der Waals surface area contributed by atoms with Gasteiger partial charge >= 0.3 is 11.9 Å². The Labute approximate surface area is 284 Å². The zero-order valence-corrected chi connectivity index (χ0v) is 30.1. The molecule has 1 aliphatic carbocycles. The van der Waals surface area contributed by atoms with Crippen molar-refractivity contribution >= 4 is 29.7 Å². The lowest BCUT2D eigenvalue weighted by molar-refractivity contribution is -0.166. The number of ether oxygens (including phenoxy) is 2. The third kappa shape index (κ3) is 20.8. The number of carbonyl (C=O) groups is 5. The lowest BCUT2D eigenvalue weighted by atomic mass is 9.86. The van der Waals surface area contributed by atoms with Crippen molar-refractivity contribution in [2.24, 2.45) is 5.41 Å². The van der Waals surface area contributed by atoms with E-state index in [4.69, 9.17) is 9.47 Å². The molecule has 0 unspecified atom stereocenters. The molecule has 1 saturated carbocycles. The maximum atomic E-state index is 12.9. The van der Waals surface area contributed by atoms with Crippen molar-refractivity contribution < 1.29 is 33.4 Å². The van der Waals surface area contributed by atoms with Gasteiger partial charge in [-0.3, -0.25) is 24.0 Å². The number of allylic oxidation sites excluding steroid dienone is 2. The van der Waals surface area contributed by atoms with Crippen LogP contribution in [0.15, 0.2) is 12.2 Å². The van der Waals surface area contributed by atoms with E-state index in [-0.39, 0.29) is 43.5 Å². The maximum Gasteiger partial charge on any atom is 0.303 e. The fraction of sp³-hybridized carbons (Fsp3) is 0.811. The summed E-state index contributed by atoms with van der Waals surface area (Å²) in [4.78, 5) is 61.2. The number of hydrogen-bond acceptors (Lipinski definition) is 7. The molecule has 0 aromatic carbocycles. The van der Waals surface area contributed by atoms with Gasteiger partial charge in [0.25, 0.3) is 5.91 Å². The predicted octanol–water partition coefficient (Wildman–Crippen LogP) is 6.59. The zero-order valence-electron chi connectivity index (χ0n) is 30.1. The Morgan fingerprint density at radius 3 is 1.77 bits per heavy atom. The summed E-state index contributed by atoms with van der Waals surface area (Å²) in [7, 11) is 0. The fourth-order valence-corrected chi connectivity index (χ4v) is 5.88. The number of esters is 2. The van der Waals surface area contributed by atoms with E-state index in [1.807, 2.05) is 0 Å². The van der Waals surface area contributed by atoms with Crippen LogP contribution < -0.4 is 16.0 Å². The molecular formula is C37H65N3O7. The van der Waals surface area contributed by atoms with Crippen molar-refractivity contribution in [2.45, 2.75) is 175 Å². The van der Waals surface area contributed by atoms with E-state index in [1.54, 1.807) is 13.8 Å². The minimum Gasteiger partial charge on any atom is -0.465 e. The van der Waals surface area contributed by atoms with Crippen LogP contribution in [-0.2, 0) is 33.4 Å². The summed E-state index contributed by atoms with van der Waals surface area (Å²) in [5, 5.41) is 8.86. The Morgan fingerprint density at radius 1 is 0.723 bits per heavy atom. The quantitative estimate of drug-likeness (QED) is 0.0568. The maximum absolute atomic E-state index is 12.9. The second kappa shape index (κ2) is 25.2. The number of rotatable bonds is 25. The van der Waals surface area contributed by atoms with Crippen molar-refractivity contribution in [2.75, 3.05) is 13.2 Å². The van der Waals surface area contributed by atoms with Gasteiger partial charge in [0.1, 0.15) is 6.61 Å². The molecule has 3 N–H and O–H groups in total. The number of nitrogens with one attached hydrogen (secondary N) is 3. The summed E-state index contributed by atoms with van der Waals surface area (Å²) in [6, 6.07) is -0.255. The van der Waals surface area contributed by atoms with Gasteiger partial charge in [0.05, 0.1) is 0 Å². The number of unbranched alkanes of at least 4 members (excludes halogenated alkanes) is 11. The Morgan fingerprint density at radius 2 is 1.23 bits per heavy atom. The lowest BCUT2D eigenvalue weighted by Gasteiger charge is -2.33. The minimum atomic E-state index is -1.19. The normalized spacial score (nSPS) is 17.1. The third-order valence-electron chi connectivity index (χ3n) is 8.65. The van der Waals surface area contributed by atoms with Crippen LogP contribution in [0.3, 0.4) is 0 Å². The van der Waals surface area contributed by atoms with Gasteiger partial charge in [-0.1, -0.05) is 97.1 Å². The van der Waals surface area contributed by atoms with Crippen LogP contribution in [0.1, 0.15) is 157 Å². The molecule has 10 nitrogen and oxygen atoms in total. The highest BCUT2D eigenvalue weighted by Gasteiger charge is 2.39.